The lowest BCUT2D eigenvalue weighted by molar-refractivity contribution is -0.136. The molecule has 1 aliphatic rings. The van der Waals surface area contributed by atoms with Crippen molar-refractivity contribution in [2.24, 2.45) is 5.92 Å². The number of hydrogen-bond donors (Lipinski definition) is 1. The van der Waals surface area contributed by atoms with E-state index >= 15 is 0 Å². The van der Waals surface area contributed by atoms with E-state index in [2.05, 4.69) is 9.97 Å². The molecule has 0 aliphatic carbocycles. The summed E-state index contributed by atoms with van der Waals surface area (Å²) in [5, 5.41) is 0.507. The van der Waals surface area contributed by atoms with Gasteiger partial charge in [0.1, 0.15) is 5.82 Å². The largest absolute Gasteiger partial charge is 0.338 e. The number of benzene rings is 2. The van der Waals surface area contributed by atoms with Crippen molar-refractivity contribution < 1.29 is 13.2 Å². The minimum atomic E-state index is -3.65. The van der Waals surface area contributed by atoms with E-state index in [1.807, 2.05) is 39.8 Å². The van der Waals surface area contributed by atoms with Crippen LogP contribution >= 0.6 is 0 Å². The molecule has 3 aromatic rings. The Morgan fingerprint density at radius 1 is 1.09 bits per heavy atom. The fourth-order valence-corrected chi connectivity index (χ4v) is 6.91. The van der Waals surface area contributed by atoms with E-state index in [1.165, 1.54) is 4.31 Å². The molecule has 9 heteroatoms. The summed E-state index contributed by atoms with van der Waals surface area (Å²) in [5.74, 6) is 0.0713. The number of amides is 1. The predicted octanol–water partition coefficient (Wildman–Crippen LogP) is 3.22. The van der Waals surface area contributed by atoms with E-state index < -0.39 is 10.0 Å². The molecule has 0 unspecified atom stereocenters. The van der Waals surface area contributed by atoms with Crippen LogP contribution in [0.4, 0.5) is 0 Å². The zero-order valence-electron chi connectivity index (χ0n) is 20.9. The molecule has 186 valence electrons. The van der Waals surface area contributed by atoms with Crippen LogP contribution in [-0.4, -0.2) is 53.6 Å². The Morgan fingerprint density at radius 3 is 2.31 bits per heavy atom. The molecule has 2 aromatic carbocycles. The highest BCUT2D eigenvalue weighted by Gasteiger charge is 2.35. The predicted molar refractivity (Wildman–Crippen MR) is 136 cm³/mol. The lowest BCUT2D eigenvalue weighted by atomic mass is 9.96. The van der Waals surface area contributed by atoms with Crippen LogP contribution in [0.2, 0.25) is 0 Å². The van der Waals surface area contributed by atoms with Crippen LogP contribution in [-0.2, 0) is 21.4 Å². The van der Waals surface area contributed by atoms with Crippen molar-refractivity contribution >= 4 is 26.8 Å². The molecule has 1 aliphatic heterocycles. The Kier molecular flexibility index (Phi) is 6.83. The van der Waals surface area contributed by atoms with E-state index in [1.54, 1.807) is 30.1 Å². The number of rotatable bonds is 5. The second-order valence-electron chi connectivity index (χ2n) is 9.49. The molecular formula is C26H32N4O4S. The molecular weight excluding hydrogens is 464 g/mol. The number of aromatic nitrogens is 2. The first-order valence-corrected chi connectivity index (χ1v) is 13.2. The smallest absolute Gasteiger partial charge is 0.258 e. The van der Waals surface area contributed by atoms with Crippen molar-refractivity contribution in [3.8, 4) is 0 Å². The van der Waals surface area contributed by atoms with Crippen molar-refractivity contribution in [2.45, 2.75) is 52.0 Å². The van der Waals surface area contributed by atoms with Gasteiger partial charge in [0.25, 0.3) is 5.56 Å². The molecule has 0 saturated carbocycles. The number of carbonyl (C=O) groups excluding carboxylic acids is 1. The molecule has 1 fully saturated rings. The molecule has 1 saturated heterocycles. The van der Waals surface area contributed by atoms with Gasteiger partial charge in [-0.25, -0.2) is 13.4 Å². The van der Waals surface area contributed by atoms with Crippen LogP contribution in [0.25, 0.3) is 10.9 Å². The SMILES string of the molecule is Cc1cc(C)c(C)c(S(=O)(=O)N2CCC(C(=O)N(C)Cc3nc4ccccc4c(=O)[nH]3)CC2)c1C. The number of nitrogens with zero attached hydrogens (tertiary/aromatic N) is 3. The second-order valence-corrected chi connectivity index (χ2v) is 11.4. The minimum Gasteiger partial charge on any atom is -0.338 e. The topological polar surface area (TPSA) is 103 Å². The van der Waals surface area contributed by atoms with Crippen molar-refractivity contribution in [3.05, 3.63) is 68.8 Å². The number of carbonyl (C=O) groups is 1. The summed E-state index contributed by atoms with van der Waals surface area (Å²) in [7, 11) is -1.97. The Hall–Kier alpha value is -3.04. The minimum absolute atomic E-state index is 0.0726. The van der Waals surface area contributed by atoms with Crippen LogP contribution in [0.15, 0.2) is 40.0 Å². The summed E-state index contributed by atoms with van der Waals surface area (Å²) in [5.41, 5.74) is 3.83. The van der Waals surface area contributed by atoms with Gasteiger partial charge >= 0.3 is 0 Å². The number of aryl methyl sites for hydroxylation is 2. The normalized spacial score (nSPS) is 15.5. The zero-order chi connectivity index (χ0) is 25.5. The Morgan fingerprint density at radius 2 is 1.69 bits per heavy atom. The van der Waals surface area contributed by atoms with Crippen molar-refractivity contribution in [1.82, 2.24) is 19.2 Å². The summed E-state index contributed by atoms with van der Waals surface area (Å²) in [4.78, 5) is 34.6. The highest BCUT2D eigenvalue weighted by atomic mass is 32.2. The molecule has 0 atom stereocenters. The number of aromatic amines is 1. The first-order chi connectivity index (χ1) is 16.5. The Balaban J connectivity index is 1.45. The number of sulfonamides is 1. The highest BCUT2D eigenvalue weighted by Crippen LogP contribution is 2.31. The van der Waals surface area contributed by atoms with Crippen LogP contribution in [0.3, 0.4) is 0 Å². The van der Waals surface area contributed by atoms with Gasteiger partial charge in [0.15, 0.2) is 0 Å². The van der Waals surface area contributed by atoms with Gasteiger partial charge in [0.2, 0.25) is 15.9 Å². The number of H-pyrrole nitrogens is 1. The average Bonchev–Trinajstić information content (AvgIpc) is 2.82. The molecule has 8 nitrogen and oxygen atoms in total. The zero-order valence-corrected chi connectivity index (χ0v) is 21.7. The van der Waals surface area contributed by atoms with E-state index in [9.17, 15) is 18.0 Å². The van der Waals surface area contributed by atoms with Crippen LogP contribution in [0, 0.1) is 33.6 Å². The van der Waals surface area contributed by atoms with E-state index in [-0.39, 0.29) is 23.9 Å². The van der Waals surface area contributed by atoms with Gasteiger partial charge in [0, 0.05) is 26.1 Å². The number of hydrogen-bond acceptors (Lipinski definition) is 5. The summed E-state index contributed by atoms with van der Waals surface area (Å²) in [6.45, 7) is 8.33. The Bertz CT molecular complexity index is 1430. The lowest BCUT2D eigenvalue weighted by Crippen LogP contribution is -2.43. The number of fused-ring (bicyclic) bond motifs is 1. The summed E-state index contributed by atoms with van der Waals surface area (Å²) in [6.07, 6.45) is 0.903. The molecule has 4 rings (SSSR count). The monoisotopic (exact) mass is 496 g/mol. The third-order valence-corrected chi connectivity index (χ3v) is 9.30. The van der Waals surface area contributed by atoms with Crippen LogP contribution < -0.4 is 5.56 Å². The lowest BCUT2D eigenvalue weighted by Gasteiger charge is -2.33. The molecule has 0 bridgehead atoms. The number of para-hydroxylation sites is 1. The maximum Gasteiger partial charge on any atom is 0.258 e. The standard InChI is InChI=1S/C26H32N4O4S/c1-16-14-17(2)19(4)24(18(16)3)35(33,34)30-12-10-20(11-13-30)26(32)29(5)15-23-27-22-9-7-6-8-21(22)25(31)28-23/h6-9,14,20H,10-13,15H2,1-5H3,(H,27,28,31). The summed E-state index contributed by atoms with van der Waals surface area (Å²) in [6, 6.07) is 9.09. The van der Waals surface area contributed by atoms with Gasteiger partial charge in [-0.3, -0.25) is 9.59 Å². The molecule has 1 N–H and O–H groups in total. The first-order valence-electron chi connectivity index (χ1n) is 11.8. The molecule has 0 radical (unpaired) electrons. The quantitative estimate of drug-likeness (QED) is 0.584. The van der Waals surface area contributed by atoms with E-state index in [0.29, 0.717) is 47.6 Å². The van der Waals surface area contributed by atoms with Crippen molar-refractivity contribution in [1.29, 1.82) is 0 Å². The van der Waals surface area contributed by atoms with Gasteiger partial charge in [-0.05, 0) is 74.9 Å². The molecule has 2 heterocycles. The second kappa shape index (κ2) is 9.54. The average molecular weight is 497 g/mol. The molecule has 1 aromatic heterocycles. The van der Waals surface area contributed by atoms with Crippen molar-refractivity contribution in [3.63, 3.8) is 0 Å². The Labute approximate surface area is 206 Å². The summed E-state index contributed by atoms with van der Waals surface area (Å²) >= 11 is 0. The van der Waals surface area contributed by atoms with Gasteiger partial charge in [-0.2, -0.15) is 4.31 Å². The summed E-state index contributed by atoms with van der Waals surface area (Å²) < 4.78 is 28.5. The van der Waals surface area contributed by atoms with Crippen LogP contribution in [0.5, 0.6) is 0 Å². The third kappa shape index (κ3) is 4.75. The maximum absolute atomic E-state index is 13.5. The van der Waals surface area contributed by atoms with Gasteiger partial charge < -0.3 is 9.88 Å². The maximum atomic E-state index is 13.5. The third-order valence-electron chi connectivity index (χ3n) is 7.12. The van der Waals surface area contributed by atoms with E-state index in [4.69, 9.17) is 0 Å². The molecule has 0 spiro atoms. The highest BCUT2D eigenvalue weighted by molar-refractivity contribution is 7.89. The van der Waals surface area contributed by atoms with Gasteiger partial charge in [-0.1, -0.05) is 18.2 Å². The van der Waals surface area contributed by atoms with Crippen molar-refractivity contribution in [2.75, 3.05) is 20.1 Å². The first kappa shape index (κ1) is 25.1. The number of piperidine rings is 1. The fourth-order valence-electron chi connectivity index (χ4n) is 4.86. The number of nitrogens with one attached hydrogen (secondary N) is 1. The van der Waals surface area contributed by atoms with E-state index in [0.717, 1.165) is 22.3 Å². The van der Waals surface area contributed by atoms with Gasteiger partial charge in [0.05, 0.1) is 22.3 Å². The van der Waals surface area contributed by atoms with Gasteiger partial charge in [-0.15, -0.1) is 0 Å². The van der Waals surface area contributed by atoms with Crippen LogP contribution in [0.1, 0.15) is 40.9 Å². The fraction of sp³-hybridized carbons (Fsp3) is 0.423. The molecule has 35 heavy (non-hydrogen) atoms. The molecule has 1 amide bonds.